The third kappa shape index (κ3) is 3.47. The Morgan fingerprint density at radius 3 is 2.15 bits per heavy atom. The van der Waals surface area contributed by atoms with E-state index in [1.807, 2.05) is 0 Å². The molecule has 13 heavy (non-hydrogen) atoms. The van der Waals surface area contributed by atoms with Crippen LogP contribution in [0.15, 0.2) is 0 Å². The molecule has 1 aliphatic heterocycles. The molecule has 0 aromatic heterocycles. The summed E-state index contributed by atoms with van der Waals surface area (Å²) < 4.78 is 0. The summed E-state index contributed by atoms with van der Waals surface area (Å²) in [7, 11) is 0. The van der Waals surface area contributed by atoms with Gasteiger partial charge in [-0.05, 0) is 38.8 Å². The minimum absolute atomic E-state index is 0.341. The molecule has 1 rings (SSSR count). The maximum Gasteiger partial charge on any atom is 0.133 e. The van der Waals surface area contributed by atoms with Crippen LogP contribution in [0.4, 0.5) is 0 Å². The predicted molar refractivity (Wildman–Crippen MR) is 54.4 cm³/mol. The largest absolute Gasteiger partial charge is 0.303 e. The van der Waals surface area contributed by atoms with Gasteiger partial charge in [0.25, 0.3) is 0 Å². The SMILES string of the molecule is C[C](C)CN1CCC(C(C)=O)CC1. The number of carbonyl (C=O) groups is 1. The Labute approximate surface area is 81.3 Å². The van der Waals surface area contributed by atoms with E-state index < -0.39 is 0 Å². The molecule has 75 valence electrons. The smallest absolute Gasteiger partial charge is 0.133 e. The van der Waals surface area contributed by atoms with Crippen molar-refractivity contribution >= 4 is 5.78 Å². The van der Waals surface area contributed by atoms with Crippen LogP contribution in [0.25, 0.3) is 0 Å². The van der Waals surface area contributed by atoms with Crippen molar-refractivity contribution in [3.8, 4) is 0 Å². The molecule has 0 aliphatic carbocycles. The lowest BCUT2D eigenvalue weighted by Crippen LogP contribution is -2.37. The number of carbonyl (C=O) groups excluding carboxylic acids is 1. The molecule has 0 aromatic carbocycles. The molecule has 1 saturated heterocycles. The van der Waals surface area contributed by atoms with E-state index in [-0.39, 0.29) is 0 Å². The van der Waals surface area contributed by atoms with Crippen LogP contribution in [-0.4, -0.2) is 30.3 Å². The van der Waals surface area contributed by atoms with Gasteiger partial charge >= 0.3 is 0 Å². The first-order chi connectivity index (χ1) is 6.09. The number of piperidine rings is 1. The topological polar surface area (TPSA) is 20.3 Å². The van der Waals surface area contributed by atoms with Gasteiger partial charge < -0.3 is 4.90 Å². The highest BCUT2D eigenvalue weighted by molar-refractivity contribution is 5.78. The lowest BCUT2D eigenvalue weighted by Gasteiger charge is -2.31. The molecule has 0 atom stereocenters. The summed E-state index contributed by atoms with van der Waals surface area (Å²) in [5.41, 5.74) is 0. The summed E-state index contributed by atoms with van der Waals surface area (Å²) in [5, 5.41) is 0. The molecule has 2 heteroatoms. The Kier molecular flexibility index (Phi) is 3.91. The number of nitrogens with zero attached hydrogens (tertiary/aromatic N) is 1. The van der Waals surface area contributed by atoms with E-state index >= 15 is 0 Å². The van der Waals surface area contributed by atoms with Crippen molar-refractivity contribution in [1.29, 1.82) is 0 Å². The van der Waals surface area contributed by atoms with Crippen LogP contribution in [0.3, 0.4) is 0 Å². The van der Waals surface area contributed by atoms with E-state index in [1.54, 1.807) is 6.92 Å². The molecular weight excluding hydrogens is 162 g/mol. The Balaban J connectivity index is 2.26. The Morgan fingerprint density at radius 1 is 1.23 bits per heavy atom. The fraction of sp³-hybridized carbons (Fsp3) is 0.818. The molecule has 0 saturated carbocycles. The zero-order chi connectivity index (χ0) is 9.84. The summed E-state index contributed by atoms with van der Waals surface area (Å²) in [5.74, 6) is 2.17. The van der Waals surface area contributed by atoms with Crippen LogP contribution >= 0.6 is 0 Å². The molecule has 2 nitrogen and oxygen atoms in total. The first-order valence-corrected chi connectivity index (χ1v) is 5.11. The first kappa shape index (κ1) is 10.7. The quantitative estimate of drug-likeness (QED) is 0.664. The highest BCUT2D eigenvalue weighted by atomic mass is 16.1. The van der Waals surface area contributed by atoms with Crippen molar-refractivity contribution < 1.29 is 4.79 Å². The lowest BCUT2D eigenvalue weighted by molar-refractivity contribution is -0.122. The summed E-state index contributed by atoms with van der Waals surface area (Å²) in [6.45, 7) is 9.33. The van der Waals surface area contributed by atoms with Gasteiger partial charge in [-0.25, -0.2) is 0 Å². The standard InChI is InChI=1S/C11H20NO/c1-9(2)8-12-6-4-11(5-7-12)10(3)13/h11H,4-8H2,1-3H3. The van der Waals surface area contributed by atoms with Crippen molar-refractivity contribution in [2.75, 3.05) is 19.6 Å². The zero-order valence-corrected chi connectivity index (χ0v) is 8.97. The second-order valence-corrected chi connectivity index (χ2v) is 4.37. The number of likely N-dealkylation sites (tertiary alicyclic amines) is 1. The van der Waals surface area contributed by atoms with E-state index in [0.717, 1.165) is 32.5 Å². The van der Waals surface area contributed by atoms with Gasteiger partial charge in [0.15, 0.2) is 0 Å². The second kappa shape index (κ2) is 4.75. The maximum absolute atomic E-state index is 11.1. The van der Waals surface area contributed by atoms with Crippen molar-refractivity contribution in [3.63, 3.8) is 0 Å². The van der Waals surface area contributed by atoms with Gasteiger partial charge in [0.2, 0.25) is 0 Å². The van der Waals surface area contributed by atoms with Crippen LogP contribution in [-0.2, 0) is 4.79 Å². The van der Waals surface area contributed by atoms with Gasteiger partial charge in [-0.2, -0.15) is 0 Å². The molecule has 0 N–H and O–H groups in total. The van der Waals surface area contributed by atoms with Gasteiger partial charge in [-0.1, -0.05) is 13.8 Å². The molecule has 1 heterocycles. The molecular formula is C11H20NO. The van der Waals surface area contributed by atoms with Gasteiger partial charge in [0.1, 0.15) is 5.78 Å². The highest BCUT2D eigenvalue weighted by Gasteiger charge is 2.22. The number of rotatable bonds is 3. The summed E-state index contributed by atoms with van der Waals surface area (Å²) >= 11 is 0. The highest BCUT2D eigenvalue weighted by Crippen LogP contribution is 2.18. The van der Waals surface area contributed by atoms with E-state index in [9.17, 15) is 4.79 Å². The molecule has 0 unspecified atom stereocenters. The molecule has 1 radical (unpaired) electrons. The van der Waals surface area contributed by atoms with Gasteiger partial charge in [-0.3, -0.25) is 4.79 Å². The predicted octanol–water partition coefficient (Wildman–Crippen LogP) is 1.90. The van der Waals surface area contributed by atoms with Crippen LogP contribution < -0.4 is 0 Å². The minimum Gasteiger partial charge on any atom is -0.303 e. The first-order valence-electron chi connectivity index (χ1n) is 5.11. The summed E-state index contributed by atoms with van der Waals surface area (Å²) in [6, 6.07) is 0. The third-order valence-electron chi connectivity index (χ3n) is 2.70. The van der Waals surface area contributed by atoms with Crippen LogP contribution in [0, 0.1) is 11.8 Å². The Morgan fingerprint density at radius 2 is 1.77 bits per heavy atom. The van der Waals surface area contributed by atoms with Gasteiger partial charge in [-0.15, -0.1) is 0 Å². The normalized spacial score (nSPS) is 20.9. The summed E-state index contributed by atoms with van der Waals surface area (Å²) in [4.78, 5) is 13.5. The average molecular weight is 182 g/mol. The van der Waals surface area contributed by atoms with Crippen LogP contribution in [0.1, 0.15) is 33.6 Å². The van der Waals surface area contributed by atoms with Crippen molar-refractivity contribution in [2.24, 2.45) is 5.92 Å². The summed E-state index contributed by atoms with van der Waals surface area (Å²) in [6.07, 6.45) is 2.12. The number of Topliss-reactive ketones (excluding diaryl/α,β-unsaturated/α-hetero) is 1. The fourth-order valence-electron chi connectivity index (χ4n) is 1.94. The van der Waals surface area contributed by atoms with Crippen LogP contribution in [0.5, 0.6) is 0 Å². The molecule has 1 fully saturated rings. The molecule has 1 aliphatic rings. The van der Waals surface area contributed by atoms with Crippen LogP contribution in [0.2, 0.25) is 0 Å². The van der Waals surface area contributed by atoms with Crippen molar-refractivity contribution in [3.05, 3.63) is 5.92 Å². The number of ketones is 1. The maximum atomic E-state index is 11.1. The van der Waals surface area contributed by atoms with Gasteiger partial charge in [0, 0.05) is 12.5 Å². The molecule has 0 bridgehead atoms. The fourth-order valence-corrected chi connectivity index (χ4v) is 1.94. The Bertz CT molecular complexity index is 169. The van der Waals surface area contributed by atoms with E-state index in [4.69, 9.17) is 0 Å². The Hall–Kier alpha value is -0.370. The number of hydrogen-bond acceptors (Lipinski definition) is 2. The van der Waals surface area contributed by atoms with E-state index in [0.29, 0.717) is 11.7 Å². The van der Waals surface area contributed by atoms with Gasteiger partial charge in [0.05, 0.1) is 0 Å². The zero-order valence-electron chi connectivity index (χ0n) is 8.97. The monoisotopic (exact) mass is 182 g/mol. The second-order valence-electron chi connectivity index (χ2n) is 4.37. The number of hydrogen-bond donors (Lipinski definition) is 0. The molecule has 0 spiro atoms. The minimum atomic E-state index is 0.341. The van der Waals surface area contributed by atoms with E-state index in [1.165, 1.54) is 5.92 Å². The molecule has 0 amide bonds. The lowest BCUT2D eigenvalue weighted by atomic mass is 9.93. The van der Waals surface area contributed by atoms with Crippen molar-refractivity contribution in [1.82, 2.24) is 4.90 Å². The van der Waals surface area contributed by atoms with E-state index in [2.05, 4.69) is 18.7 Å². The average Bonchev–Trinajstić information content (AvgIpc) is 2.04. The molecule has 0 aromatic rings. The third-order valence-corrected chi connectivity index (χ3v) is 2.70. The van der Waals surface area contributed by atoms with Crippen molar-refractivity contribution in [2.45, 2.75) is 33.6 Å².